The maximum absolute atomic E-state index is 12.8. The number of benzene rings is 1. The number of alkyl halides is 3. The maximum Gasteiger partial charge on any atom is 0.417 e. The minimum atomic E-state index is -4.59. The zero-order chi connectivity index (χ0) is 17.9. The first kappa shape index (κ1) is 18.3. The molecule has 0 aliphatic carbocycles. The van der Waals surface area contributed by atoms with Gasteiger partial charge < -0.3 is 5.32 Å². The maximum atomic E-state index is 12.8. The van der Waals surface area contributed by atoms with Crippen molar-refractivity contribution in [1.82, 2.24) is 10.3 Å². The van der Waals surface area contributed by atoms with Crippen molar-refractivity contribution in [3.8, 4) is 0 Å². The summed E-state index contributed by atoms with van der Waals surface area (Å²) in [7, 11) is 0. The summed E-state index contributed by atoms with van der Waals surface area (Å²) in [5.74, 6) is -0.657. The zero-order valence-corrected chi connectivity index (χ0v) is 13.8. The molecule has 0 fully saturated rings. The van der Waals surface area contributed by atoms with Crippen LogP contribution < -0.4 is 5.32 Å². The molecule has 24 heavy (non-hydrogen) atoms. The molecule has 0 aliphatic rings. The van der Waals surface area contributed by atoms with Gasteiger partial charge in [0.2, 0.25) is 0 Å². The second kappa shape index (κ2) is 7.21. The molecule has 0 saturated heterocycles. The summed E-state index contributed by atoms with van der Waals surface area (Å²) >= 11 is 5.81. The number of hydrogen-bond acceptors (Lipinski definition) is 2. The molecule has 0 unspecified atom stereocenters. The Balaban J connectivity index is 2.31. The Morgan fingerprint density at radius 3 is 2.38 bits per heavy atom. The average molecular weight is 357 g/mol. The fraction of sp³-hybridized carbons (Fsp3) is 0.294. The lowest BCUT2D eigenvalue weighted by molar-refractivity contribution is -0.137. The van der Waals surface area contributed by atoms with Gasteiger partial charge in [-0.2, -0.15) is 13.2 Å². The van der Waals surface area contributed by atoms with Crippen LogP contribution in [0.4, 0.5) is 13.2 Å². The molecule has 0 bridgehead atoms. The first-order valence-electron chi connectivity index (χ1n) is 7.28. The van der Waals surface area contributed by atoms with Crippen LogP contribution in [0.5, 0.6) is 0 Å². The highest BCUT2D eigenvalue weighted by atomic mass is 35.5. The highest BCUT2D eigenvalue weighted by molar-refractivity contribution is 6.32. The highest BCUT2D eigenvalue weighted by Gasteiger charge is 2.32. The minimum Gasteiger partial charge on any atom is -0.345 e. The van der Waals surface area contributed by atoms with Gasteiger partial charge in [-0.3, -0.25) is 4.79 Å². The average Bonchev–Trinajstić information content (AvgIpc) is 2.52. The topological polar surface area (TPSA) is 42.0 Å². The third kappa shape index (κ3) is 4.26. The molecular weight excluding hydrogens is 341 g/mol. The molecule has 1 N–H and O–H groups in total. The Labute approximate surface area is 142 Å². The molecule has 1 amide bonds. The summed E-state index contributed by atoms with van der Waals surface area (Å²) in [5, 5.41) is 2.47. The van der Waals surface area contributed by atoms with Crippen LogP contribution in [0.1, 0.15) is 41.4 Å². The van der Waals surface area contributed by atoms with Gasteiger partial charge in [-0.25, -0.2) is 4.98 Å². The normalized spacial score (nSPS) is 13.0. The molecule has 0 saturated carbocycles. The Bertz CT molecular complexity index is 718. The van der Waals surface area contributed by atoms with E-state index in [9.17, 15) is 18.0 Å². The SMILES string of the molecule is CC(C)[C@@H](NC(=O)c1cc(C(F)(F)F)cnc1Cl)c1ccccc1. The van der Waals surface area contributed by atoms with Gasteiger partial charge in [0.1, 0.15) is 5.15 Å². The third-order valence-corrected chi connectivity index (χ3v) is 3.82. The number of carbonyl (C=O) groups is 1. The van der Waals surface area contributed by atoms with E-state index in [1.165, 1.54) is 0 Å². The minimum absolute atomic E-state index is 0.0360. The van der Waals surface area contributed by atoms with Crippen molar-refractivity contribution in [3.05, 3.63) is 64.4 Å². The van der Waals surface area contributed by atoms with E-state index < -0.39 is 17.6 Å². The van der Waals surface area contributed by atoms with Gasteiger partial charge in [0.15, 0.2) is 0 Å². The number of amides is 1. The summed E-state index contributed by atoms with van der Waals surface area (Å²) in [4.78, 5) is 15.9. The van der Waals surface area contributed by atoms with Crippen LogP contribution in [0, 0.1) is 5.92 Å². The molecular formula is C17H16ClF3N2O. The Morgan fingerprint density at radius 2 is 1.83 bits per heavy atom. The quantitative estimate of drug-likeness (QED) is 0.793. The van der Waals surface area contributed by atoms with Crippen LogP contribution in [-0.4, -0.2) is 10.9 Å². The number of nitrogens with zero attached hydrogens (tertiary/aromatic N) is 1. The number of aromatic nitrogens is 1. The standard InChI is InChI=1S/C17H16ClF3N2O/c1-10(2)14(11-6-4-3-5-7-11)23-16(24)13-8-12(17(19,20)21)9-22-15(13)18/h3-10,14H,1-2H3,(H,23,24)/t14-/m1/s1. The van der Waals surface area contributed by atoms with E-state index in [1.807, 2.05) is 44.2 Å². The molecule has 0 aliphatic heterocycles. The van der Waals surface area contributed by atoms with Crippen molar-refractivity contribution in [2.75, 3.05) is 0 Å². The number of halogens is 4. The molecule has 2 rings (SSSR count). The first-order chi connectivity index (χ1) is 11.2. The van der Waals surface area contributed by atoms with E-state index >= 15 is 0 Å². The summed E-state index contributed by atoms with van der Waals surface area (Å²) in [5.41, 5.74) is -0.456. The molecule has 3 nitrogen and oxygen atoms in total. The lowest BCUT2D eigenvalue weighted by Gasteiger charge is -2.23. The van der Waals surface area contributed by atoms with E-state index in [4.69, 9.17) is 11.6 Å². The number of nitrogens with one attached hydrogen (secondary N) is 1. The van der Waals surface area contributed by atoms with Crippen molar-refractivity contribution in [2.24, 2.45) is 5.92 Å². The van der Waals surface area contributed by atoms with Crippen LogP contribution in [0.3, 0.4) is 0 Å². The largest absolute Gasteiger partial charge is 0.417 e. The number of pyridine rings is 1. The van der Waals surface area contributed by atoms with Crippen LogP contribution in [0.25, 0.3) is 0 Å². The monoisotopic (exact) mass is 356 g/mol. The van der Waals surface area contributed by atoms with Gasteiger partial charge in [0.25, 0.3) is 5.91 Å². The highest BCUT2D eigenvalue weighted by Crippen LogP contribution is 2.31. The molecule has 0 spiro atoms. The lowest BCUT2D eigenvalue weighted by atomic mass is 9.95. The van der Waals surface area contributed by atoms with Gasteiger partial charge >= 0.3 is 6.18 Å². The molecule has 0 radical (unpaired) electrons. The predicted octanol–water partition coefficient (Wildman–Crippen LogP) is 4.88. The summed E-state index contributed by atoms with van der Waals surface area (Å²) in [6.07, 6.45) is -3.99. The van der Waals surface area contributed by atoms with E-state index in [1.54, 1.807) is 0 Å². The number of rotatable bonds is 4. The van der Waals surface area contributed by atoms with Crippen molar-refractivity contribution >= 4 is 17.5 Å². The molecule has 1 aromatic heterocycles. The first-order valence-corrected chi connectivity index (χ1v) is 7.66. The number of carbonyl (C=O) groups excluding carboxylic acids is 1. The van der Waals surface area contributed by atoms with Gasteiger partial charge in [-0.15, -0.1) is 0 Å². The molecule has 128 valence electrons. The van der Waals surface area contributed by atoms with Gasteiger partial charge in [-0.1, -0.05) is 55.8 Å². The third-order valence-electron chi connectivity index (χ3n) is 3.52. The molecule has 1 heterocycles. The Kier molecular flexibility index (Phi) is 5.49. The van der Waals surface area contributed by atoms with Crippen LogP contribution in [0.15, 0.2) is 42.6 Å². The molecule has 2 aromatic rings. The smallest absolute Gasteiger partial charge is 0.345 e. The summed E-state index contributed by atoms with van der Waals surface area (Å²) in [6, 6.07) is 9.55. The van der Waals surface area contributed by atoms with E-state index in [2.05, 4.69) is 10.3 Å². The summed E-state index contributed by atoms with van der Waals surface area (Å²) < 4.78 is 38.4. The van der Waals surface area contributed by atoms with Gasteiger partial charge in [0.05, 0.1) is 17.2 Å². The molecule has 7 heteroatoms. The van der Waals surface area contributed by atoms with Crippen LogP contribution >= 0.6 is 11.6 Å². The van der Waals surface area contributed by atoms with Crippen molar-refractivity contribution in [3.63, 3.8) is 0 Å². The number of hydrogen-bond donors (Lipinski definition) is 1. The molecule has 1 aromatic carbocycles. The Hall–Kier alpha value is -2.08. The van der Waals surface area contributed by atoms with Crippen molar-refractivity contribution < 1.29 is 18.0 Å². The van der Waals surface area contributed by atoms with E-state index in [-0.39, 0.29) is 22.7 Å². The summed E-state index contributed by atoms with van der Waals surface area (Å²) in [6.45, 7) is 3.81. The second-order valence-electron chi connectivity index (χ2n) is 5.67. The van der Waals surface area contributed by atoms with Crippen molar-refractivity contribution in [1.29, 1.82) is 0 Å². The Morgan fingerprint density at radius 1 is 1.21 bits per heavy atom. The predicted molar refractivity (Wildman–Crippen MR) is 85.7 cm³/mol. The lowest BCUT2D eigenvalue weighted by Crippen LogP contribution is -2.32. The van der Waals surface area contributed by atoms with Crippen LogP contribution in [-0.2, 0) is 6.18 Å². The van der Waals surface area contributed by atoms with Crippen LogP contribution in [0.2, 0.25) is 5.15 Å². The van der Waals surface area contributed by atoms with Crippen molar-refractivity contribution in [2.45, 2.75) is 26.1 Å². The fourth-order valence-electron chi connectivity index (χ4n) is 2.28. The fourth-order valence-corrected chi connectivity index (χ4v) is 2.47. The van der Waals surface area contributed by atoms with Gasteiger partial charge in [-0.05, 0) is 17.5 Å². The zero-order valence-electron chi connectivity index (χ0n) is 13.1. The molecule has 1 atom stereocenters. The van der Waals surface area contributed by atoms with Gasteiger partial charge in [0, 0.05) is 6.20 Å². The second-order valence-corrected chi connectivity index (χ2v) is 6.02. The van der Waals surface area contributed by atoms with E-state index in [0.29, 0.717) is 12.3 Å². The van der Waals surface area contributed by atoms with E-state index in [0.717, 1.165) is 5.56 Å².